The number of rotatable bonds is 6. The lowest BCUT2D eigenvalue weighted by atomic mass is 9.96. The van der Waals surface area contributed by atoms with Gasteiger partial charge in [-0.15, -0.1) is 10.2 Å². The lowest BCUT2D eigenvalue weighted by Gasteiger charge is -2.32. The van der Waals surface area contributed by atoms with Gasteiger partial charge >= 0.3 is 0 Å². The molecule has 1 saturated heterocycles. The highest BCUT2D eigenvalue weighted by molar-refractivity contribution is 5.76. The second-order valence-electron chi connectivity index (χ2n) is 7.94. The summed E-state index contributed by atoms with van der Waals surface area (Å²) < 4.78 is 2.10. The third-order valence-corrected chi connectivity index (χ3v) is 5.34. The Morgan fingerprint density at radius 2 is 1.96 bits per heavy atom. The zero-order valence-corrected chi connectivity index (χ0v) is 17.0. The fourth-order valence-corrected chi connectivity index (χ4v) is 3.73. The Balaban J connectivity index is 1.59. The van der Waals surface area contributed by atoms with E-state index in [2.05, 4.69) is 50.9 Å². The number of nitrogens with zero attached hydrogens (tertiary/aromatic N) is 5. The van der Waals surface area contributed by atoms with E-state index in [9.17, 15) is 4.79 Å². The highest BCUT2D eigenvalue weighted by Crippen LogP contribution is 2.26. The van der Waals surface area contributed by atoms with Crippen LogP contribution in [0.3, 0.4) is 0 Å². The summed E-state index contributed by atoms with van der Waals surface area (Å²) in [6.07, 6.45) is 3.46. The number of benzene rings is 1. The van der Waals surface area contributed by atoms with Crippen LogP contribution in [0.1, 0.15) is 48.0 Å². The summed E-state index contributed by atoms with van der Waals surface area (Å²) in [6, 6.07) is 8.45. The summed E-state index contributed by atoms with van der Waals surface area (Å²) in [6.45, 7) is 4.46. The minimum Gasteiger partial charge on any atom is -0.342 e. The lowest BCUT2D eigenvalue weighted by molar-refractivity contribution is -0.132. The molecule has 1 fully saturated rings. The van der Waals surface area contributed by atoms with Crippen LogP contribution in [-0.2, 0) is 24.8 Å². The molecule has 2 aromatic rings. The number of piperidine rings is 1. The first-order valence-electron chi connectivity index (χ1n) is 9.80. The normalized spacial score (nSPS) is 17.5. The second-order valence-corrected chi connectivity index (χ2v) is 7.94. The van der Waals surface area contributed by atoms with Gasteiger partial charge in [-0.1, -0.05) is 29.8 Å². The molecule has 0 spiro atoms. The Bertz CT molecular complexity index is 765. The third kappa shape index (κ3) is 4.95. The lowest BCUT2D eigenvalue weighted by Crippen LogP contribution is -2.39. The van der Waals surface area contributed by atoms with Crippen LogP contribution in [0, 0.1) is 6.92 Å². The van der Waals surface area contributed by atoms with E-state index in [0.29, 0.717) is 6.42 Å². The molecule has 6 heteroatoms. The van der Waals surface area contributed by atoms with Gasteiger partial charge in [0.15, 0.2) is 0 Å². The zero-order chi connectivity index (χ0) is 19.4. The summed E-state index contributed by atoms with van der Waals surface area (Å²) in [5.74, 6) is 2.49. The predicted octanol–water partition coefficient (Wildman–Crippen LogP) is 2.52. The number of hydrogen-bond acceptors (Lipinski definition) is 4. The van der Waals surface area contributed by atoms with Gasteiger partial charge in [0.2, 0.25) is 5.91 Å². The molecule has 0 unspecified atom stereocenters. The van der Waals surface area contributed by atoms with E-state index in [-0.39, 0.29) is 11.8 Å². The molecular weight excluding hydrogens is 338 g/mol. The average molecular weight is 370 g/mol. The topological polar surface area (TPSA) is 54.3 Å². The molecule has 0 saturated carbocycles. The molecule has 0 radical (unpaired) electrons. The van der Waals surface area contributed by atoms with Crippen molar-refractivity contribution in [2.24, 2.45) is 7.05 Å². The first-order chi connectivity index (χ1) is 12.9. The molecule has 1 aromatic carbocycles. The van der Waals surface area contributed by atoms with E-state index in [0.717, 1.165) is 50.5 Å². The smallest absolute Gasteiger partial charge is 0.222 e. The summed E-state index contributed by atoms with van der Waals surface area (Å²) in [7, 11) is 6.10. The molecule has 146 valence electrons. The molecule has 1 aliphatic heterocycles. The van der Waals surface area contributed by atoms with Crippen molar-refractivity contribution in [3.63, 3.8) is 0 Å². The zero-order valence-electron chi connectivity index (χ0n) is 17.0. The van der Waals surface area contributed by atoms with Crippen LogP contribution in [0.5, 0.6) is 0 Å². The molecule has 1 aromatic heterocycles. The van der Waals surface area contributed by atoms with Crippen molar-refractivity contribution in [2.75, 3.05) is 27.2 Å². The Labute approximate surface area is 162 Å². The number of hydrogen-bond donors (Lipinski definition) is 0. The van der Waals surface area contributed by atoms with Crippen molar-refractivity contribution < 1.29 is 4.79 Å². The Morgan fingerprint density at radius 3 is 2.67 bits per heavy atom. The number of likely N-dealkylation sites (tertiary alicyclic amines) is 1. The largest absolute Gasteiger partial charge is 0.342 e. The number of carbonyl (C=O) groups is 1. The number of aryl methyl sites for hydroxylation is 2. The fourth-order valence-electron chi connectivity index (χ4n) is 3.73. The van der Waals surface area contributed by atoms with E-state index in [1.807, 2.05) is 26.0 Å². The van der Waals surface area contributed by atoms with Gasteiger partial charge in [-0.2, -0.15) is 0 Å². The van der Waals surface area contributed by atoms with Crippen molar-refractivity contribution in [1.29, 1.82) is 0 Å². The van der Waals surface area contributed by atoms with Crippen LogP contribution >= 0.6 is 0 Å². The Kier molecular flexibility index (Phi) is 6.26. The molecule has 1 atom stereocenters. The SMILES string of the molecule is Cc1ccc(CCC(=O)N2CCC[C@@H](c3nnc(CN(C)C)n3C)C2)cc1. The van der Waals surface area contributed by atoms with Crippen LogP contribution in [0.15, 0.2) is 24.3 Å². The standard InChI is InChI=1S/C21H31N5O/c1-16-7-9-17(10-8-16)11-12-20(27)26-13-5-6-18(14-26)21-23-22-19(25(21)4)15-24(2)3/h7-10,18H,5-6,11-15H2,1-4H3/t18-/m1/s1. The first-order valence-corrected chi connectivity index (χ1v) is 9.80. The Morgan fingerprint density at radius 1 is 1.22 bits per heavy atom. The predicted molar refractivity (Wildman–Crippen MR) is 106 cm³/mol. The highest BCUT2D eigenvalue weighted by atomic mass is 16.2. The van der Waals surface area contributed by atoms with Crippen LogP contribution in [-0.4, -0.2) is 57.7 Å². The van der Waals surface area contributed by atoms with Crippen LogP contribution in [0.25, 0.3) is 0 Å². The van der Waals surface area contributed by atoms with E-state index in [4.69, 9.17) is 0 Å². The van der Waals surface area contributed by atoms with Crippen LogP contribution < -0.4 is 0 Å². The van der Waals surface area contributed by atoms with E-state index in [1.54, 1.807) is 0 Å². The van der Waals surface area contributed by atoms with Crippen molar-refractivity contribution >= 4 is 5.91 Å². The van der Waals surface area contributed by atoms with Gasteiger partial charge < -0.3 is 14.4 Å². The summed E-state index contributed by atoms with van der Waals surface area (Å²) in [5.41, 5.74) is 2.48. The van der Waals surface area contributed by atoms with Gasteiger partial charge in [-0.25, -0.2) is 0 Å². The maximum Gasteiger partial charge on any atom is 0.222 e. The maximum absolute atomic E-state index is 12.7. The number of amides is 1. The van der Waals surface area contributed by atoms with Gasteiger partial charge in [0.1, 0.15) is 11.6 Å². The van der Waals surface area contributed by atoms with Gasteiger partial charge in [-0.3, -0.25) is 4.79 Å². The molecule has 3 rings (SSSR count). The average Bonchev–Trinajstić information content (AvgIpc) is 3.01. The molecule has 2 heterocycles. The number of aromatic nitrogens is 3. The van der Waals surface area contributed by atoms with Crippen molar-refractivity contribution in [1.82, 2.24) is 24.6 Å². The third-order valence-electron chi connectivity index (χ3n) is 5.34. The van der Waals surface area contributed by atoms with Crippen molar-refractivity contribution in [3.05, 3.63) is 47.0 Å². The number of carbonyl (C=O) groups excluding carboxylic acids is 1. The second kappa shape index (κ2) is 8.65. The van der Waals surface area contributed by atoms with Crippen molar-refractivity contribution in [3.8, 4) is 0 Å². The van der Waals surface area contributed by atoms with Gasteiger partial charge in [0.05, 0.1) is 6.54 Å². The molecule has 6 nitrogen and oxygen atoms in total. The molecular formula is C21H31N5O. The summed E-state index contributed by atoms with van der Waals surface area (Å²) in [4.78, 5) is 16.8. The summed E-state index contributed by atoms with van der Waals surface area (Å²) >= 11 is 0. The molecule has 1 amide bonds. The van der Waals surface area contributed by atoms with Gasteiger partial charge in [0.25, 0.3) is 0 Å². The molecule has 0 aliphatic carbocycles. The minimum absolute atomic E-state index is 0.246. The molecule has 0 N–H and O–H groups in total. The summed E-state index contributed by atoms with van der Waals surface area (Å²) in [5, 5.41) is 8.79. The fraction of sp³-hybridized carbons (Fsp3) is 0.571. The van der Waals surface area contributed by atoms with Gasteiger partial charge in [-0.05, 0) is 45.8 Å². The van der Waals surface area contributed by atoms with Crippen molar-refractivity contribution in [2.45, 2.75) is 45.1 Å². The molecule has 0 bridgehead atoms. The molecule has 1 aliphatic rings. The maximum atomic E-state index is 12.7. The van der Waals surface area contributed by atoms with E-state index in [1.165, 1.54) is 11.1 Å². The van der Waals surface area contributed by atoms with Gasteiger partial charge in [0, 0.05) is 32.5 Å². The van der Waals surface area contributed by atoms with E-state index >= 15 is 0 Å². The highest BCUT2D eigenvalue weighted by Gasteiger charge is 2.28. The first kappa shape index (κ1) is 19.5. The quantitative estimate of drug-likeness (QED) is 0.785. The monoisotopic (exact) mass is 369 g/mol. The van der Waals surface area contributed by atoms with Crippen LogP contribution in [0.4, 0.5) is 0 Å². The van der Waals surface area contributed by atoms with Crippen LogP contribution in [0.2, 0.25) is 0 Å². The molecule has 27 heavy (non-hydrogen) atoms. The Hall–Kier alpha value is -2.21. The minimum atomic E-state index is 0.246. The van der Waals surface area contributed by atoms with E-state index < -0.39 is 0 Å².